The average Bonchev–Trinajstić information content (AvgIpc) is 2.99. The van der Waals surface area contributed by atoms with Gasteiger partial charge in [0, 0.05) is 5.39 Å². The van der Waals surface area contributed by atoms with Gasteiger partial charge in [-0.3, -0.25) is 4.68 Å². The molecule has 0 bridgehead atoms. The summed E-state index contributed by atoms with van der Waals surface area (Å²) in [4.78, 5) is 0. The first-order valence-corrected chi connectivity index (χ1v) is 5.11. The summed E-state index contributed by atoms with van der Waals surface area (Å²) in [6.45, 7) is 0. The Balaban J connectivity index is 0.000000963. The molecule has 0 atom stereocenters. The molecule has 3 rings (SSSR count). The molecule has 1 aromatic carbocycles. The number of nitrogen functional groups attached to an aromatic ring is 1. The van der Waals surface area contributed by atoms with E-state index in [1.165, 1.54) is 12.8 Å². The van der Waals surface area contributed by atoms with Crippen LogP contribution in [0.15, 0.2) is 18.3 Å². The highest BCUT2D eigenvalue weighted by Gasteiger charge is 2.27. The predicted octanol–water partition coefficient (Wildman–Crippen LogP) is 2.38. The number of rotatable bonds is 2. The van der Waals surface area contributed by atoms with Gasteiger partial charge in [-0.1, -0.05) is 0 Å². The Kier molecular flexibility index (Phi) is 2.68. The van der Waals surface area contributed by atoms with Gasteiger partial charge in [0.1, 0.15) is 5.52 Å². The highest BCUT2D eigenvalue weighted by molar-refractivity contribution is 5.90. The van der Waals surface area contributed by atoms with Crippen molar-refractivity contribution in [2.45, 2.75) is 18.9 Å². The number of halogens is 1. The van der Waals surface area contributed by atoms with Crippen molar-refractivity contribution in [1.29, 1.82) is 0 Å². The van der Waals surface area contributed by atoms with Crippen LogP contribution >= 0.6 is 12.4 Å². The van der Waals surface area contributed by atoms with Gasteiger partial charge in [-0.25, -0.2) is 0 Å². The first-order chi connectivity index (χ1) is 7.31. The molecule has 1 aromatic heterocycles. The van der Waals surface area contributed by atoms with Crippen LogP contribution in [0.5, 0.6) is 5.75 Å². The zero-order valence-corrected chi connectivity index (χ0v) is 9.83. The molecule has 86 valence electrons. The lowest BCUT2D eigenvalue weighted by atomic mass is 10.2. The molecule has 1 aliphatic carbocycles. The van der Waals surface area contributed by atoms with Crippen molar-refractivity contribution in [3.05, 3.63) is 18.3 Å². The molecule has 0 unspecified atom stereocenters. The molecule has 16 heavy (non-hydrogen) atoms. The third-order valence-electron chi connectivity index (χ3n) is 2.84. The van der Waals surface area contributed by atoms with Gasteiger partial charge in [-0.15, -0.1) is 12.4 Å². The molecule has 0 radical (unpaired) electrons. The van der Waals surface area contributed by atoms with Crippen molar-refractivity contribution in [3.63, 3.8) is 0 Å². The molecule has 0 amide bonds. The van der Waals surface area contributed by atoms with Gasteiger partial charge in [0.2, 0.25) is 0 Å². The highest BCUT2D eigenvalue weighted by Crippen LogP contribution is 2.40. The maximum absolute atomic E-state index is 5.88. The summed E-state index contributed by atoms with van der Waals surface area (Å²) in [5.74, 6) is 0.747. The van der Waals surface area contributed by atoms with Gasteiger partial charge < -0.3 is 10.5 Å². The van der Waals surface area contributed by atoms with E-state index in [2.05, 4.69) is 5.10 Å². The van der Waals surface area contributed by atoms with Crippen molar-refractivity contribution in [2.24, 2.45) is 0 Å². The van der Waals surface area contributed by atoms with Crippen molar-refractivity contribution in [1.82, 2.24) is 9.78 Å². The molecule has 1 saturated carbocycles. The zero-order chi connectivity index (χ0) is 10.4. The summed E-state index contributed by atoms with van der Waals surface area (Å²) in [6, 6.07) is 4.39. The topological polar surface area (TPSA) is 53.1 Å². The first kappa shape index (κ1) is 11.1. The monoisotopic (exact) mass is 239 g/mol. The molecule has 1 aliphatic rings. The number of anilines is 1. The fourth-order valence-electron chi connectivity index (χ4n) is 1.94. The van der Waals surface area contributed by atoms with Crippen LogP contribution in [-0.2, 0) is 0 Å². The van der Waals surface area contributed by atoms with E-state index in [4.69, 9.17) is 10.5 Å². The molecular weight excluding hydrogens is 226 g/mol. The number of nitrogens with two attached hydrogens (primary N) is 1. The molecule has 4 nitrogen and oxygen atoms in total. The fraction of sp³-hybridized carbons (Fsp3) is 0.364. The van der Waals surface area contributed by atoms with Gasteiger partial charge >= 0.3 is 0 Å². The van der Waals surface area contributed by atoms with E-state index in [1.807, 2.05) is 23.0 Å². The third kappa shape index (κ3) is 1.50. The predicted molar refractivity (Wildman–Crippen MR) is 66.2 cm³/mol. The van der Waals surface area contributed by atoms with Crippen LogP contribution in [0, 0.1) is 0 Å². The number of hydrogen-bond donors (Lipinski definition) is 1. The highest BCUT2D eigenvalue weighted by atomic mass is 35.5. The minimum atomic E-state index is 0. The molecule has 2 aromatic rings. The van der Waals surface area contributed by atoms with Gasteiger partial charge in [0.05, 0.1) is 25.0 Å². The Morgan fingerprint density at radius 3 is 2.81 bits per heavy atom. The average molecular weight is 240 g/mol. The lowest BCUT2D eigenvalue weighted by Gasteiger charge is -2.08. The van der Waals surface area contributed by atoms with Crippen molar-refractivity contribution >= 4 is 29.0 Å². The molecule has 1 heterocycles. The smallest absolute Gasteiger partial charge is 0.167 e. The summed E-state index contributed by atoms with van der Waals surface area (Å²) < 4.78 is 7.38. The SMILES string of the molecule is COc1c(N)ccc2cnn(C3CC3)c12.Cl. The summed E-state index contributed by atoms with van der Waals surface area (Å²) in [5, 5.41) is 5.48. The number of hydrogen-bond acceptors (Lipinski definition) is 3. The Hall–Kier alpha value is -1.42. The first-order valence-electron chi connectivity index (χ1n) is 5.11. The Bertz CT molecular complexity index is 519. The number of aromatic nitrogens is 2. The van der Waals surface area contributed by atoms with E-state index in [1.54, 1.807) is 7.11 Å². The molecule has 5 heteroatoms. The normalized spacial score (nSPS) is 14.8. The standard InChI is InChI=1S/C11H13N3O.ClH/c1-15-11-9(12)5-2-7-6-13-14(10(7)11)8-3-4-8;/h2,5-6,8H,3-4,12H2,1H3;1H. The third-order valence-corrected chi connectivity index (χ3v) is 2.84. The Labute approximate surface area is 99.8 Å². The number of fused-ring (bicyclic) bond motifs is 1. The van der Waals surface area contributed by atoms with E-state index in [9.17, 15) is 0 Å². The van der Waals surface area contributed by atoms with Gasteiger partial charge in [-0.2, -0.15) is 5.10 Å². The molecule has 0 aliphatic heterocycles. The van der Waals surface area contributed by atoms with Crippen molar-refractivity contribution in [2.75, 3.05) is 12.8 Å². The molecule has 0 spiro atoms. The van der Waals surface area contributed by atoms with E-state index in [0.717, 1.165) is 16.7 Å². The largest absolute Gasteiger partial charge is 0.492 e. The fourth-order valence-corrected chi connectivity index (χ4v) is 1.94. The van der Waals surface area contributed by atoms with Crippen LogP contribution in [0.2, 0.25) is 0 Å². The Morgan fingerprint density at radius 1 is 1.44 bits per heavy atom. The van der Waals surface area contributed by atoms with Crippen LogP contribution in [0.3, 0.4) is 0 Å². The van der Waals surface area contributed by atoms with E-state index >= 15 is 0 Å². The maximum Gasteiger partial charge on any atom is 0.167 e. The molecule has 0 saturated heterocycles. The summed E-state index contributed by atoms with van der Waals surface area (Å²) >= 11 is 0. The Morgan fingerprint density at radius 2 is 2.19 bits per heavy atom. The van der Waals surface area contributed by atoms with Crippen LogP contribution in [0.4, 0.5) is 5.69 Å². The van der Waals surface area contributed by atoms with Gasteiger partial charge in [-0.05, 0) is 25.0 Å². The van der Waals surface area contributed by atoms with Crippen LogP contribution in [-0.4, -0.2) is 16.9 Å². The molecule has 2 N–H and O–H groups in total. The second kappa shape index (κ2) is 3.87. The lowest BCUT2D eigenvalue weighted by molar-refractivity contribution is 0.418. The quantitative estimate of drug-likeness (QED) is 0.819. The van der Waals surface area contributed by atoms with Crippen LogP contribution in [0.25, 0.3) is 10.9 Å². The van der Waals surface area contributed by atoms with E-state index in [0.29, 0.717) is 11.7 Å². The molecular formula is C11H14ClN3O. The summed E-state index contributed by atoms with van der Waals surface area (Å²) in [7, 11) is 1.65. The summed E-state index contributed by atoms with van der Waals surface area (Å²) in [6.07, 6.45) is 4.28. The van der Waals surface area contributed by atoms with Crippen molar-refractivity contribution in [3.8, 4) is 5.75 Å². The van der Waals surface area contributed by atoms with Crippen molar-refractivity contribution < 1.29 is 4.74 Å². The zero-order valence-electron chi connectivity index (χ0n) is 9.01. The van der Waals surface area contributed by atoms with Crippen LogP contribution in [0.1, 0.15) is 18.9 Å². The second-order valence-corrected chi connectivity index (χ2v) is 3.95. The minimum absolute atomic E-state index is 0. The van der Waals surface area contributed by atoms with E-state index < -0.39 is 0 Å². The summed E-state index contributed by atoms with van der Waals surface area (Å²) in [5.41, 5.74) is 7.58. The lowest BCUT2D eigenvalue weighted by Crippen LogP contribution is -1.99. The number of benzene rings is 1. The number of nitrogens with zero attached hydrogens (tertiary/aromatic N) is 2. The minimum Gasteiger partial charge on any atom is -0.492 e. The van der Waals surface area contributed by atoms with Gasteiger partial charge in [0.25, 0.3) is 0 Å². The molecule has 1 fully saturated rings. The second-order valence-electron chi connectivity index (χ2n) is 3.95. The van der Waals surface area contributed by atoms with E-state index in [-0.39, 0.29) is 12.4 Å². The number of ether oxygens (including phenoxy) is 1. The van der Waals surface area contributed by atoms with Crippen LogP contribution < -0.4 is 10.5 Å². The van der Waals surface area contributed by atoms with Gasteiger partial charge in [0.15, 0.2) is 5.75 Å². The number of methoxy groups -OCH3 is 1. The maximum atomic E-state index is 5.88.